The van der Waals surface area contributed by atoms with E-state index in [1.165, 1.54) is 11.3 Å². The summed E-state index contributed by atoms with van der Waals surface area (Å²) in [5.74, 6) is -1.00. The third-order valence-corrected chi connectivity index (χ3v) is 2.81. The molecule has 0 fully saturated rings. The third kappa shape index (κ3) is 4.88. The largest absolute Gasteiger partial charge is 0.481 e. The van der Waals surface area contributed by atoms with Gasteiger partial charge in [0.25, 0.3) is 0 Å². The first-order chi connectivity index (χ1) is 7.58. The van der Waals surface area contributed by atoms with E-state index in [1.54, 1.807) is 6.20 Å². The average Bonchev–Trinajstić information content (AvgIpc) is 2.61. The van der Waals surface area contributed by atoms with Crippen LogP contribution in [0.4, 0.5) is 0 Å². The Bertz CT molecular complexity index is 376. The Morgan fingerprint density at radius 3 is 2.81 bits per heavy atom. The molecule has 1 aromatic rings. The minimum absolute atomic E-state index is 0.0315. The van der Waals surface area contributed by atoms with E-state index in [0.717, 1.165) is 9.88 Å². The van der Waals surface area contributed by atoms with Crippen molar-refractivity contribution < 1.29 is 14.7 Å². The first-order valence-electron chi connectivity index (χ1n) is 4.97. The number of carboxylic acid groups (broad SMARTS) is 1. The fourth-order valence-corrected chi connectivity index (χ4v) is 1.87. The predicted octanol–water partition coefficient (Wildman–Crippen LogP) is 1.32. The zero-order valence-corrected chi connectivity index (χ0v) is 9.84. The number of carbonyl (C=O) groups excluding carboxylic acids is 1. The Morgan fingerprint density at radius 1 is 1.50 bits per heavy atom. The minimum Gasteiger partial charge on any atom is -0.481 e. The molecule has 0 spiro atoms. The van der Waals surface area contributed by atoms with Gasteiger partial charge in [-0.2, -0.15) is 0 Å². The molecule has 1 amide bonds. The van der Waals surface area contributed by atoms with E-state index in [0.29, 0.717) is 13.0 Å². The fraction of sp³-hybridized carbons (Fsp3) is 0.500. The van der Waals surface area contributed by atoms with Crippen LogP contribution in [0.1, 0.15) is 29.1 Å². The number of hydrogen-bond donors (Lipinski definition) is 2. The standard InChI is InChI=1S/C10H14N2O3S/c1-7-5-12-9(16-7)6-11-8(13)3-2-4-10(14)15/h5H,2-4,6H2,1H3,(H,11,13)(H,14,15). The summed E-state index contributed by atoms with van der Waals surface area (Å²) in [6.45, 7) is 2.38. The summed E-state index contributed by atoms with van der Waals surface area (Å²) >= 11 is 1.54. The lowest BCUT2D eigenvalue weighted by Crippen LogP contribution is -2.22. The molecule has 16 heavy (non-hydrogen) atoms. The van der Waals surface area contributed by atoms with Crippen LogP contribution in [0.15, 0.2) is 6.20 Å². The van der Waals surface area contributed by atoms with Crippen LogP contribution >= 0.6 is 11.3 Å². The summed E-state index contributed by atoms with van der Waals surface area (Å²) in [4.78, 5) is 26.7. The number of nitrogens with zero attached hydrogens (tertiary/aromatic N) is 1. The number of amides is 1. The van der Waals surface area contributed by atoms with Gasteiger partial charge in [0.05, 0.1) is 6.54 Å². The van der Waals surface area contributed by atoms with Crippen molar-refractivity contribution in [1.82, 2.24) is 10.3 Å². The second-order valence-electron chi connectivity index (χ2n) is 3.39. The maximum absolute atomic E-state index is 11.3. The normalized spacial score (nSPS) is 10.1. The highest BCUT2D eigenvalue weighted by molar-refractivity contribution is 7.11. The highest BCUT2D eigenvalue weighted by Gasteiger charge is 2.05. The van der Waals surface area contributed by atoms with Gasteiger partial charge >= 0.3 is 5.97 Å². The number of carbonyl (C=O) groups is 2. The van der Waals surface area contributed by atoms with Crippen molar-refractivity contribution in [3.63, 3.8) is 0 Å². The van der Waals surface area contributed by atoms with Crippen molar-refractivity contribution in [3.8, 4) is 0 Å². The molecule has 0 saturated carbocycles. The first kappa shape index (κ1) is 12.6. The summed E-state index contributed by atoms with van der Waals surface area (Å²) in [7, 11) is 0. The van der Waals surface area contributed by atoms with Gasteiger partial charge in [-0.3, -0.25) is 9.59 Å². The fourth-order valence-electron chi connectivity index (χ4n) is 1.15. The summed E-state index contributed by atoms with van der Waals surface area (Å²) in [6.07, 6.45) is 2.41. The second kappa shape index (κ2) is 6.22. The van der Waals surface area contributed by atoms with Crippen LogP contribution < -0.4 is 5.32 Å². The molecular weight excluding hydrogens is 228 g/mol. The van der Waals surface area contributed by atoms with E-state index in [9.17, 15) is 9.59 Å². The predicted molar refractivity (Wildman–Crippen MR) is 60.2 cm³/mol. The molecule has 0 aliphatic heterocycles. The number of thiazole rings is 1. The monoisotopic (exact) mass is 242 g/mol. The highest BCUT2D eigenvalue weighted by atomic mass is 32.1. The van der Waals surface area contributed by atoms with Crippen LogP contribution in [0.3, 0.4) is 0 Å². The highest BCUT2D eigenvalue weighted by Crippen LogP contribution is 2.10. The van der Waals surface area contributed by atoms with Gasteiger partial charge in [0.1, 0.15) is 5.01 Å². The number of rotatable bonds is 6. The molecule has 1 rings (SSSR count). The van der Waals surface area contributed by atoms with Gasteiger partial charge in [-0.25, -0.2) is 4.98 Å². The van der Waals surface area contributed by atoms with Gasteiger partial charge in [0, 0.05) is 23.9 Å². The molecule has 88 valence electrons. The van der Waals surface area contributed by atoms with Crippen molar-refractivity contribution in [3.05, 3.63) is 16.1 Å². The van der Waals surface area contributed by atoms with E-state index in [1.807, 2.05) is 6.92 Å². The maximum Gasteiger partial charge on any atom is 0.303 e. The van der Waals surface area contributed by atoms with Crippen LogP contribution in [0, 0.1) is 6.92 Å². The van der Waals surface area contributed by atoms with E-state index in [2.05, 4.69) is 10.3 Å². The number of aliphatic carboxylic acids is 1. The van der Waals surface area contributed by atoms with Gasteiger partial charge in [-0.1, -0.05) is 0 Å². The van der Waals surface area contributed by atoms with Crippen LogP contribution in [-0.2, 0) is 16.1 Å². The first-order valence-corrected chi connectivity index (χ1v) is 5.79. The molecule has 0 aromatic carbocycles. The van der Waals surface area contributed by atoms with Crippen molar-refractivity contribution >= 4 is 23.2 Å². The average molecular weight is 242 g/mol. The molecular formula is C10H14N2O3S. The lowest BCUT2D eigenvalue weighted by atomic mass is 10.2. The molecule has 0 aliphatic rings. The smallest absolute Gasteiger partial charge is 0.303 e. The summed E-state index contributed by atoms with van der Waals surface area (Å²) in [5, 5.41) is 12.0. The molecule has 0 aliphatic carbocycles. The Labute approximate surface area is 97.5 Å². The van der Waals surface area contributed by atoms with Gasteiger partial charge in [0.2, 0.25) is 5.91 Å². The van der Waals surface area contributed by atoms with Gasteiger partial charge in [-0.15, -0.1) is 11.3 Å². The molecule has 0 bridgehead atoms. The number of carboxylic acids is 1. The van der Waals surface area contributed by atoms with E-state index in [-0.39, 0.29) is 18.7 Å². The SMILES string of the molecule is Cc1cnc(CNC(=O)CCCC(=O)O)s1. The Kier molecular flexibility index (Phi) is 4.91. The summed E-state index contributed by atoms with van der Waals surface area (Å²) in [5.41, 5.74) is 0. The molecule has 0 unspecified atom stereocenters. The number of hydrogen-bond acceptors (Lipinski definition) is 4. The Balaban J connectivity index is 2.17. The molecule has 1 aromatic heterocycles. The van der Waals surface area contributed by atoms with Gasteiger partial charge in [0.15, 0.2) is 0 Å². The van der Waals surface area contributed by atoms with E-state index >= 15 is 0 Å². The molecule has 6 heteroatoms. The third-order valence-electron chi connectivity index (χ3n) is 1.90. The Hall–Kier alpha value is -1.43. The van der Waals surface area contributed by atoms with Crippen molar-refractivity contribution in [1.29, 1.82) is 0 Å². The minimum atomic E-state index is -0.872. The molecule has 0 atom stereocenters. The lowest BCUT2D eigenvalue weighted by Gasteiger charge is -2.01. The molecule has 5 nitrogen and oxygen atoms in total. The number of aryl methyl sites for hydroxylation is 1. The van der Waals surface area contributed by atoms with Crippen molar-refractivity contribution in [2.24, 2.45) is 0 Å². The van der Waals surface area contributed by atoms with Crippen LogP contribution in [0.5, 0.6) is 0 Å². The molecule has 1 heterocycles. The van der Waals surface area contributed by atoms with Crippen LogP contribution in [0.2, 0.25) is 0 Å². The topological polar surface area (TPSA) is 79.3 Å². The van der Waals surface area contributed by atoms with Gasteiger partial charge < -0.3 is 10.4 Å². The van der Waals surface area contributed by atoms with Crippen molar-refractivity contribution in [2.75, 3.05) is 0 Å². The second-order valence-corrected chi connectivity index (χ2v) is 4.71. The van der Waals surface area contributed by atoms with Gasteiger partial charge in [-0.05, 0) is 13.3 Å². The molecule has 0 radical (unpaired) electrons. The van der Waals surface area contributed by atoms with Crippen LogP contribution in [0.25, 0.3) is 0 Å². The maximum atomic E-state index is 11.3. The van der Waals surface area contributed by atoms with Crippen LogP contribution in [-0.4, -0.2) is 22.0 Å². The molecule has 0 saturated heterocycles. The summed E-state index contributed by atoms with van der Waals surface area (Å²) in [6, 6.07) is 0. The lowest BCUT2D eigenvalue weighted by molar-refractivity contribution is -0.137. The quantitative estimate of drug-likeness (QED) is 0.788. The Morgan fingerprint density at radius 2 is 2.25 bits per heavy atom. The number of aromatic nitrogens is 1. The van der Waals surface area contributed by atoms with E-state index in [4.69, 9.17) is 5.11 Å². The summed E-state index contributed by atoms with van der Waals surface area (Å²) < 4.78 is 0. The van der Waals surface area contributed by atoms with E-state index < -0.39 is 5.97 Å². The van der Waals surface area contributed by atoms with Crippen molar-refractivity contribution in [2.45, 2.75) is 32.7 Å². The number of nitrogens with one attached hydrogen (secondary N) is 1. The zero-order chi connectivity index (χ0) is 12.0. The molecule has 2 N–H and O–H groups in total. The zero-order valence-electron chi connectivity index (χ0n) is 9.02.